The first-order chi connectivity index (χ1) is 7.86. The van der Waals surface area contributed by atoms with Crippen molar-refractivity contribution >= 4 is 17.8 Å². The molecule has 3 atom stereocenters. The Hall–Kier alpha value is -1.39. The van der Waals surface area contributed by atoms with Crippen LogP contribution in [-0.2, 0) is 14.4 Å². The van der Waals surface area contributed by atoms with Crippen LogP contribution in [-0.4, -0.2) is 33.8 Å². The van der Waals surface area contributed by atoms with E-state index in [4.69, 9.17) is 5.11 Å². The van der Waals surface area contributed by atoms with Crippen molar-refractivity contribution in [3.63, 3.8) is 0 Å². The number of aliphatic carboxylic acids is 1. The van der Waals surface area contributed by atoms with Crippen molar-refractivity contribution < 1.29 is 19.5 Å². The van der Waals surface area contributed by atoms with E-state index in [1.807, 2.05) is 0 Å². The van der Waals surface area contributed by atoms with Crippen LogP contribution in [0.15, 0.2) is 0 Å². The van der Waals surface area contributed by atoms with Crippen molar-refractivity contribution in [2.45, 2.75) is 46.1 Å². The molecule has 0 aromatic heterocycles. The lowest BCUT2D eigenvalue weighted by molar-refractivity contribution is -0.142. The fourth-order valence-electron chi connectivity index (χ4n) is 2.09. The second-order valence-electron chi connectivity index (χ2n) is 4.76. The zero-order valence-electron chi connectivity index (χ0n) is 10.5. The first kappa shape index (κ1) is 13.7. The number of carboxylic acids is 1. The first-order valence-corrected chi connectivity index (χ1v) is 5.95. The molecule has 1 N–H and O–H groups in total. The first-order valence-electron chi connectivity index (χ1n) is 5.95. The highest BCUT2D eigenvalue weighted by Gasteiger charge is 2.43. The molecule has 1 rings (SSSR count). The van der Waals surface area contributed by atoms with Gasteiger partial charge < -0.3 is 5.11 Å². The molecular weight excluding hydrogens is 222 g/mol. The lowest BCUT2D eigenvalue weighted by Crippen LogP contribution is -2.38. The van der Waals surface area contributed by atoms with Crippen molar-refractivity contribution in [2.75, 3.05) is 0 Å². The van der Waals surface area contributed by atoms with Crippen molar-refractivity contribution in [1.29, 1.82) is 0 Å². The van der Waals surface area contributed by atoms with Crippen LogP contribution in [0.5, 0.6) is 0 Å². The van der Waals surface area contributed by atoms with Gasteiger partial charge in [0.05, 0.1) is 0 Å². The summed E-state index contributed by atoms with van der Waals surface area (Å²) in [5.41, 5.74) is 0. The molecule has 5 nitrogen and oxygen atoms in total. The average Bonchev–Trinajstić information content (AvgIpc) is 2.43. The minimum absolute atomic E-state index is 0.0751. The monoisotopic (exact) mass is 241 g/mol. The van der Waals surface area contributed by atoms with Gasteiger partial charge in [-0.15, -0.1) is 0 Å². The normalized spacial score (nSPS) is 26.4. The third-order valence-electron chi connectivity index (χ3n) is 3.46. The van der Waals surface area contributed by atoms with E-state index >= 15 is 0 Å². The van der Waals surface area contributed by atoms with Crippen LogP contribution in [0.25, 0.3) is 0 Å². The molecule has 1 aliphatic rings. The summed E-state index contributed by atoms with van der Waals surface area (Å²) in [6.45, 7) is 5.31. The minimum Gasteiger partial charge on any atom is -0.481 e. The summed E-state index contributed by atoms with van der Waals surface area (Å²) < 4.78 is 0. The third-order valence-corrected chi connectivity index (χ3v) is 3.46. The number of hydrogen-bond donors (Lipinski definition) is 1. The molecule has 1 aliphatic heterocycles. The Labute approximate surface area is 101 Å². The van der Waals surface area contributed by atoms with E-state index in [-0.39, 0.29) is 36.1 Å². The molecule has 0 saturated carbocycles. The predicted molar refractivity (Wildman–Crippen MR) is 61.1 cm³/mol. The Morgan fingerprint density at radius 1 is 1.29 bits per heavy atom. The molecule has 5 heteroatoms. The van der Waals surface area contributed by atoms with E-state index in [0.717, 1.165) is 0 Å². The third kappa shape index (κ3) is 2.84. The van der Waals surface area contributed by atoms with Gasteiger partial charge in [-0.05, 0) is 19.8 Å². The smallest absolute Gasteiger partial charge is 0.303 e. The quantitative estimate of drug-likeness (QED) is 0.735. The molecular formula is C12H19NO4. The van der Waals surface area contributed by atoms with Crippen LogP contribution in [0.4, 0.5) is 0 Å². The second-order valence-corrected chi connectivity index (χ2v) is 4.76. The zero-order valence-corrected chi connectivity index (χ0v) is 10.5. The molecule has 2 amide bonds. The van der Waals surface area contributed by atoms with Gasteiger partial charge in [0.1, 0.15) is 0 Å². The summed E-state index contributed by atoms with van der Waals surface area (Å²) >= 11 is 0. The number of carbonyl (C=O) groups is 3. The molecule has 3 unspecified atom stereocenters. The molecule has 0 aliphatic carbocycles. The molecule has 0 radical (unpaired) electrons. The average molecular weight is 241 g/mol. The van der Waals surface area contributed by atoms with E-state index in [2.05, 4.69) is 0 Å². The molecule has 0 aromatic carbocycles. The van der Waals surface area contributed by atoms with Crippen LogP contribution < -0.4 is 0 Å². The molecule has 0 spiro atoms. The predicted octanol–water partition coefficient (Wildman–Crippen LogP) is 1.27. The van der Waals surface area contributed by atoms with Gasteiger partial charge in [-0.25, -0.2) is 0 Å². The number of carboxylic acid groups (broad SMARTS) is 1. The molecule has 1 heterocycles. The van der Waals surface area contributed by atoms with Crippen molar-refractivity contribution in [3.05, 3.63) is 0 Å². The van der Waals surface area contributed by atoms with Gasteiger partial charge in [-0.3, -0.25) is 19.3 Å². The summed E-state index contributed by atoms with van der Waals surface area (Å²) in [5, 5.41) is 8.53. The van der Waals surface area contributed by atoms with Crippen LogP contribution in [0.1, 0.15) is 40.0 Å². The van der Waals surface area contributed by atoms with Crippen LogP contribution in [0, 0.1) is 11.8 Å². The summed E-state index contributed by atoms with van der Waals surface area (Å²) in [5.74, 6) is -1.64. The van der Waals surface area contributed by atoms with E-state index in [1.54, 1.807) is 20.8 Å². The van der Waals surface area contributed by atoms with Gasteiger partial charge in [0.25, 0.3) is 0 Å². The number of imide groups is 1. The number of carbonyl (C=O) groups excluding carboxylic acids is 2. The Morgan fingerprint density at radius 2 is 1.76 bits per heavy atom. The summed E-state index contributed by atoms with van der Waals surface area (Å²) in [7, 11) is 0. The zero-order chi connectivity index (χ0) is 13.2. The summed E-state index contributed by atoms with van der Waals surface area (Å²) in [6.07, 6.45) is 1.10. The summed E-state index contributed by atoms with van der Waals surface area (Å²) in [6, 6.07) is -0.207. The Morgan fingerprint density at radius 3 is 2.18 bits per heavy atom. The number of nitrogens with zero attached hydrogens (tertiary/aromatic N) is 1. The topological polar surface area (TPSA) is 74.7 Å². The van der Waals surface area contributed by atoms with Crippen LogP contribution in [0.3, 0.4) is 0 Å². The van der Waals surface area contributed by atoms with E-state index < -0.39 is 5.97 Å². The maximum absolute atomic E-state index is 11.9. The standard InChI is InChI=1S/C12H19NO4/c1-7(5-4-6-10(14)15)13-11(16)8(2)9(3)12(13)17/h7-9H,4-6H2,1-3H3,(H,14,15). The maximum Gasteiger partial charge on any atom is 0.303 e. The fourth-order valence-corrected chi connectivity index (χ4v) is 2.09. The highest BCUT2D eigenvalue weighted by Crippen LogP contribution is 2.28. The molecule has 0 aromatic rings. The Kier molecular flexibility index (Phi) is 4.26. The van der Waals surface area contributed by atoms with Gasteiger partial charge in [0.2, 0.25) is 11.8 Å². The summed E-state index contributed by atoms with van der Waals surface area (Å²) in [4.78, 5) is 35.4. The van der Waals surface area contributed by atoms with Crippen LogP contribution in [0.2, 0.25) is 0 Å². The van der Waals surface area contributed by atoms with Crippen molar-refractivity contribution in [2.24, 2.45) is 11.8 Å². The highest BCUT2D eigenvalue weighted by atomic mass is 16.4. The van der Waals surface area contributed by atoms with Gasteiger partial charge in [0, 0.05) is 24.3 Å². The highest BCUT2D eigenvalue weighted by molar-refractivity contribution is 6.05. The van der Waals surface area contributed by atoms with E-state index in [1.165, 1.54) is 4.90 Å². The lowest BCUT2D eigenvalue weighted by atomic mass is 10.00. The fraction of sp³-hybridized carbons (Fsp3) is 0.750. The Balaban J connectivity index is 2.57. The van der Waals surface area contributed by atoms with Crippen molar-refractivity contribution in [1.82, 2.24) is 4.90 Å². The van der Waals surface area contributed by atoms with Gasteiger partial charge >= 0.3 is 5.97 Å². The maximum atomic E-state index is 11.9. The largest absolute Gasteiger partial charge is 0.481 e. The number of hydrogen-bond acceptors (Lipinski definition) is 3. The second kappa shape index (κ2) is 5.29. The molecule has 1 saturated heterocycles. The number of amides is 2. The minimum atomic E-state index is -0.849. The number of rotatable bonds is 5. The van der Waals surface area contributed by atoms with E-state index in [9.17, 15) is 14.4 Å². The molecule has 0 bridgehead atoms. The number of likely N-dealkylation sites (tertiary alicyclic amines) is 1. The van der Waals surface area contributed by atoms with Crippen molar-refractivity contribution in [3.8, 4) is 0 Å². The van der Waals surface area contributed by atoms with Gasteiger partial charge in [0.15, 0.2) is 0 Å². The van der Waals surface area contributed by atoms with E-state index in [0.29, 0.717) is 12.8 Å². The molecule has 1 fully saturated rings. The van der Waals surface area contributed by atoms with Gasteiger partial charge in [-0.1, -0.05) is 13.8 Å². The van der Waals surface area contributed by atoms with Crippen LogP contribution >= 0.6 is 0 Å². The lowest BCUT2D eigenvalue weighted by Gasteiger charge is -2.22. The SMILES string of the molecule is CC1C(=O)N(C(C)CCCC(=O)O)C(=O)C1C. The Bertz CT molecular complexity index is 319. The van der Waals surface area contributed by atoms with Gasteiger partial charge in [-0.2, -0.15) is 0 Å². The molecule has 17 heavy (non-hydrogen) atoms. The molecule has 96 valence electrons.